The minimum absolute atomic E-state index is 0. The van der Waals surface area contributed by atoms with Crippen LogP contribution >= 0.6 is 24.0 Å². The molecule has 0 aliphatic heterocycles. The maximum atomic E-state index is 5.36. The Morgan fingerprint density at radius 1 is 1.07 bits per heavy atom. The molecule has 1 aromatic heterocycles. The van der Waals surface area contributed by atoms with Crippen LogP contribution in [0, 0.1) is 0 Å². The molecule has 0 spiro atoms. The lowest BCUT2D eigenvalue weighted by Crippen LogP contribution is -2.39. The predicted molar refractivity (Wildman–Crippen MR) is 124 cm³/mol. The van der Waals surface area contributed by atoms with Gasteiger partial charge in [-0.1, -0.05) is 18.2 Å². The van der Waals surface area contributed by atoms with E-state index in [4.69, 9.17) is 13.9 Å². The molecule has 0 aliphatic carbocycles. The Hall–Kier alpha value is -2.16. The van der Waals surface area contributed by atoms with Gasteiger partial charge in [0.15, 0.2) is 17.5 Å². The second-order valence-corrected chi connectivity index (χ2v) is 6.24. The second-order valence-electron chi connectivity index (χ2n) is 6.24. The molecule has 2 N–H and O–H groups in total. The maximum absolute atomic E-state index is 5.36. The van der Waals surface area contributed by atoms with E-state index in [0.29, 0.717) is 6.54 Å². The summed E-state index contributed by atoms with van der Waals surface area (Å²) in [5.41, 5.74) is 2.18. The smallest absolute Gasteiger partial charge is 0.191 e. The van der Waals surface area contributed by atoms with Crippen LogP contribution in [0.2, 0.25) is 0 Å². The highest BCUT2D eigenvalue weighted by Gasteiger charge is 2.05. The number of methoxy groups -OCH3 is 2. The van der Waals surface area contributed by atoms with Crippen molar-refractivity contribution < 1.29 is 13.9 Å². The number of guanidine groups is 1. The molecule has 28 heavy (non-hydrogen) atoms. The van der Waals surface area contributed by atoms with E-state index in [1.54, 1.807) is 20.5 Å². The fraction of sp³-hybridized carbons (Fsp3) is 0.381. The molecule has 0 atom stereocenters. The van der Waals surface area contributed by atoms with E-state index in [9.17, 15) is 0 Å². The SMILES string of the molecule is C=C(C)CN=C(NCCc1ccc(OC)c(OC)c1)NCCc1ccco1.I. The van der Waals surface area contributed by atoms with Gasteiger partial charge in [0, 0.05) is 19.5 Å². The fourth-order valence-corrected chi connectivity index (χ4v) is 2.51. The summed E-state index contributed by atoms with van der Waals surface area (Å²) >= 11 is 0. The van der Waals surface area contributed by atoms with Gasteiger partial charge in [0.1, 0.15) is 5.76 Å². The van der Waals surface area contributed by atoms with Crippen LogP contribution < -0.4 is 20.1 Å². The topological polar surface area (TPSA) is 68.0 Å². The quantitative estimate of drug-likeness (QED) is 0.225. The van der Waals surface area contributed by atoms with Crippen molar-refractivity contribution in [2.75, 3.05) is 33.9 Å². The Bertz CT molecular complexity index is 745. The molecular weight excluding hydrogens is 469 g/mol. The second kappa shape index (κ2) is 13.1. The van der Waals surface area contributed by atoms with E-state index >= 15 is 0 Å². The van der Waals surface area contributed by atoms with Gasteiger partial charge in [-0.3, -0.25) is 0 Å². The molecule has 0 unspecified atom stereocenters. The number of nitrogens with zero attached hydrogens (tertiary/aromatic N) is 1. The van der Waals surface area contributed by atoms with Crippen molar-refractivity contribution in [2.24, 2.45) is 4.99 Å². The molecule has 0 saturated carbocycles. The highest BCUT2D eigenvalue weighted by Crippen LogP contribution is 2.27. The van der Waals surface area contributed by atoms with Crippen molar-refractivity contribution in [3.63, 3.8) is 0 Å². The number of ether oxygens (including phenoxy) is 2. The van der Waals surface area contributed by atoms with Gasteiger partial charge in [0.05, 0.1) is 27.0 Å². The van der Waals surface area contributed by atoms with Crippen LogP contribution in [0.5, 0.6) is 11.5 Å². The van der Waals surface area contributed by atoms with Crippen LogP contribution in [-0.4, -0.2) is 39.8 Å². The first-order chi connectivity index (χ1) is 13.1. The molecule has 0 radical (unpaired) electrons. The Kier molecular flexibility index (Phi) is 11.2. The summed E-state index contributed by atoms with van der Waals surface area (Å²) < 4.78 is 16.0. The number of hydrogen-bond donors (Lipinski definition) is 2. The summed E-state index contributed by atoms with van der Waals surface area (Å²) in [5.74, 6) is 3.19. The number of hydrogen-bond acceptors (Lipinski definition) is 4. The number of rotatable bonds is 10. The maximum Gasteiger partial charge on any atom is 0.191 e. The van der Waals surface area contributed by atoms with Crippen molar-refractivity contribution >= 4 is 29.9 Å². The zero-order valence-corrected chi connectivity index (χ0v) is 19.1. The molecule has 0 amide bonds. The van der Waals surface area contributed by atoms with Crippen LogP contribution in [0.25, 0.3) is 0 Å². The summed E-state index contributed by atoms with van der Waals surface area (Å²) in [5, 5.41) is 6.70. The van der Waals surface area contributed by atoms with Crippen molar-refractivity contribution in [1.82, 2.24) is 10.6 Å². The first-order valence-electron chi connectivity index (χ1n) is 9.02. The molecule has 6 nitrogen and oxygen atoms in total. The molecule has 1 heterocycles. The Morgan fingerprint density at radius 2 is 1.79 bits per heavy atom. The van der Waals surface area contributed by atoms with E-state index in [1.165, 1.54) is 0 Å². The Balaban J connectivity index is 0.00000392. The molecule has 7 heteroatoms. The first kappa shape index (κ1) is 23.9. The Labute approximate surface area is 184 Å². The van der Waals surface area contributed by atoms with Gasteiger partial charge in [0.25, 0.3) is 0 Å². The number of nitrogens with one attached hydrogen (secondary N) is 2. The molecular formula is C21H30IN3O3. The monoisotopic (exact) mass is 499 g/mol. The number of benzene rings is 1. The van der Waals surface area contributed by atoms with E-state index < -0.39 is 0 Å². The van der Waals surface area contributed by atoms with E-state index in [-0.39, 0.29) is 24.0 Å². The van der Waals surface area contributed by atoms with Crippen LogP contribution in [0.3, 0.4) is 0 Å². The lowest BCUT2D eigenvalue weighted by Gasteiger charge is -2.13. The number of halogens is 1. The van der Waals surface area contributed by atoms with Gasteiger partial charge in [-0.05, 0) is 43.2 Å². The van der Waals surface area contributed by atoms with Gasteiger partial charge in [-0.25, -0.2) is 4.99 Å². The largest absolute Gasteiger partial charge is 0.493 e. The lowest BCUT2D eigenvalue weighted by atomic mass is 10.1. The molecule has 1 aromatic carbocycles. The van der Waals surface area contributed by atoms with Crippen LogP contribution in [0.1, 0.15) is 18.2 Å². The highest BCUT2D eigenvalue weighted by molar-refractivity contribution is 14.0. The van der Waals surface area contributed by atoms with Crippen molar-refractivity contribution in [2.45, 2.75) is 19.8 Å². The zero-order chi connectivity index (χ0) is 19.5. The summed E-state index contributed by atoms with van der Waals surface area (Å²) in [4.78, 5) is 4.55. The molecule has 154 valence electrons. The number of aliphatic imine (C=N–C) groups is 1. The minimum Gasteiger partial charge on any atom is -0.493 e. The normalized spacial score (nSPS) is 10.8. The fourth-order valence-electron chi connectivity index (χ4n) is 2.51. The van der Waals surface area contributed by atoms with E-state index in [1.807, 2.05) is 37.3 Å². The van der Waals surface area contributed by atoms with Crippen molar-refractivity contribution in [3.8, 4) is 11.5 Å². The van der Waals surface area contributed by atoms with Crippen LogP contribution in [0.15, 0.2) is 58.2 Å². The Morgan fingerprint density at radius 3 is 2.39 bits per heavy atom. The van der Waals surface area contributed by atoms with Gasteiger partial charge in [-0.2, -0.15) is 0 Å². The summed E-state index contributed by atoms with van der Waals surface area (Å²) in [6.45, 7) is 7.95. The third-order valence-corrected chi connectivity index (χ3v) is 3.91. The molecule has 0 bridgehead atoms. The van der Waals surface area contributed by atoms with Gasteiger partial charge in [0.2, 0.25) is 0 Å². The molecule has 0 saturated heterocycles. The first-order valence-corrected chi connectivity index (χ1v) is 9.02. The minimum atomic E-state index is 0. The highest BCUT2D eigenvalue weighted by atomic mass is 127. The molecule has 2 aromatic rings. The average Bonchev–Trinajstić information content (AvgIpc) is 3.18. The van der Waals surface area contributed by atoms with Crippen LogP contribution in [0.4, 0.5) is 0 Å². The zero-order valence-electron chi connectivity index (χ0n) is 16.8. The summed E-state index contributed by atoms with van der Waals surface area (Å²) in [6, 6.07) is 9.82. The van der Waals surface area contributed by atoms with Crippen molar-refractivity contribution in [1.29, 1.82) is 0 Å². The standard InChI is InChI=1S/C21H29N3O3.HI/c1-16(2)15-24-21(23-12-10-18-6-5-13-27-18)22-11-9-17-7-8-19(25-3)20(14-17)26-4;/h5-8,13-14H,1,9-12,15H2,2-4H3,(H2,22,23,24);1H. The average molecular weight is 499 g/mol. The lowest BCUT2D eigenvalue weighted by molar-refractivity contribution is 0.354. The van der Waals surface area contributed by atoms with Gasteiger partial charge < -0.3 is 24.5 Å². The summed E-state index contributed by atoms with van der Waals surface area (Å²) in [6.07, 6.45) is 3.33. The third-order valence-electron chi connectivity index (χ3n) is 3.91. The third kappa shape index (κ3) is 8.24. The predicted octanol–water partition coefficient (Wildman–Crippen LogP) is 3.81. The molecule has 0 aliphatic rings. The van der Waals surface area contributed by atoms with Gasteiger partial charge >= 0.3 is 0 Å². The van der Waals surface area contributed by atoms with E-state index in [0.717, 1.165) is 60.3 Å². The molecule has 0 fully saturated rings. The van der Waals surface area contributed by atoms with Gasteiger partial charge in [-0.15, -0.1) is 24.0 Å². The summed E-state index contributed by atoms with van der Waals surface area (Å²) in [7, 11) is 3.28. The molecule has 2 rings (SSSR count). The van der Waals surface area contributed by atoms with Crippen molar-refractivity contribution in [3.05, 3.63) is 60.1 Å². The van der Waals surface area contributed by atoms with E-state index in [2.05, 4.69) is 22.2 Å². The van der Waals surface area contributed by atoms with Crippen LogP contribution in [-0.2, 0) is 12.8 Å². The number of furan rings is 1.